The van der Waals surface area contributed by atoms with Crippen molar-refractivity contribution in [3.05, 3.63) is 70.3 Å². The van der Waals surface area contributed by atoms with E-state index in [4.69, 9.17) is 0 Å². The van der Waals surface area contributed by atoms with E-state index >= 15 is 0 Å². The molecular formula is C20H17FN4OS. The molecule has 4 rings (SSSR count). The van der Waals surface area contributed by atoms with Gasteiger partial charge in [-0.05, 0) is 50.3 Å². The lowest BCUT2D eigenvalue weighted by molar-refractivity contribution is 0.629. The molecule has 1 aromatic carbocycles. The number of benzene rings is 1. The predicted molar refractivity (Wildman–Crippen MR) is 108 cm³/mol. The van der Waals surface area contributed by atoms with E-state index < -0.39 is 5.82 Å². The average molecular weight is 380 g/mol. The van der Waals surface area contributed by atoms with Gasteiger partial charge in [0.15, 0.2) is 0 Å². The van der Waals surface area contributed by atoms with Gasteiger partial charge in [-0.15, -0.1) is 11.8 Å². The van der Waals surface area contributed by atoms with Crippen LogP contribution in [0, 0.1) is 12.7 Å². The number of hydrogen-bond acceptors (Lipinski definition) is 5. The van der Waals surface area contributed by atoms with Crippen molar-refractivity contribution >= 4 is 34.3 Å². The Morgan fingerprint density at radius 1 is 1.33 bits per heavy atom. The number of halogens is 1. The Balaban J connectivity index is 1.99. The van der Waals surface area contributed by atoms with Crippen molar-refractivity contribution < 1.29 is 4.39 Å². The maximum atomic E-state index is 13.7. The smallest absolute Gasteiger partial charge is 0.266 e. The molecule has 0 saturated carbocycles. The lowest BCUT2D eigenvalue weighted by Crippen LogP contribution is -2.24. The molecule has 0 saturated heterocycles. The number of aliphatic imine (C=N–C) groups is 1. The highest BCUT2D eigenvalue weighted by atomic mass is 32.2. The Morgan fingerprint density at radius 3 is 2.93 bits per heavy atom. The second kappa shape index (κ2) is 6.74. The highest BCUT2D eigenvalue weighted by Gasteiger charge is 2.23. The van der Waals surface area contributed by atoms with Crippen LogP contribution in [0.2, 0.25) is 0 Å². The second-order valence-corrected chi connectivity index (χ2v) is 7.45. The number of aryl methyl sites for hydroxylation is 1. The van der Waals surface area contributed by atoms with E-state index in [9.17, 15) is 9.18 Å². The Morgan fingerprint density at radius 2 is 2.19 bits per heavy atom. The van der Waals surface area contributed by atoms with Gasteiger partial charge < -0.3 is 0 Å². The number of hydrogen-bond donors (Lipinski definition) is 0. The first-order valence-electron chi connectivity index (χ1n) is 8.46. The molecule has 0 amide bonds. The summed E-state index contributed by atoms with van der Waals surface area (Å²) in [7, 11) is 0. The molecule has 3 heterocycles. The first-order valence-corrected chi connectivity index (χ1v) is 9.51. The first kappa shape index (κ1) is 17.6. The van der Waals surface area contributed by atoms with Gasteiger partial charge in [0.2, 0.25) is 0 Å². The molecule has 5 nitrogen and oxygen atoms in total. The third kappa shape index (κ3) is 3.30. The minimum atomic E-state index is -0.469. The summed E-state index contributed by atoms with van der Waals surface area (Å²) in [4.78, 5) is 26.5. The molecule has 7 heteroatoms. The fraction of sp³-hybridized carbons (Fsp3) is 0.200. The van der Waals surface area contributed by atoms with Gasteiger partial charge in [-0.1, -0.05) is 6.08 Å². The summed E-state index contributed by atoms with van der Waals surface area (Å²) in [6.07, 6.45) is 5.42. The van der Waals surface area contributed by atoms with Gasteiger partial charge in [0.25, 0.3) is 5.56 Å². The summed E-state index contributed by atoms with van der Waals surface area (Å²) >= 11 is 1.64. The van der Waals surface area contributed by atoms with Crippen LogP contribution < -0.4 is 5.56 Å². The standard InChI is InChI=1S/C20H17FN4OS/c1-13-17(4-3-9-22-13)25-18(7-8-20(2)11-27-12-23-20)24-16-6-5-14(21)10-15(16)19(25)26/h3-10,12H,11H2,1-2H3/t20-/m0/s1. The predicted octanol–water partition coefficient (Wildman–Crippen LogP) is 3.78. The SMILES string of the molecule is Cc1ncccc1-n1c(C=C[C@@]2(C)CSC=N2)nc2ccc(F)cc2c1=O. The molecule has 1 atom stereocenters. The third-order valence-corrected chi connectivity index (χ3v) is 5.47. The number of rotatable bonds is 3. The van der Waals surface area contributed by atoms with Crippen LogP contribution in [0.1, 0.15) is 18.4 Å². The molecule has 0 spiro atoms. The van der Waals surface area contributed by atoms with Crippen molar-refractivity contribution in [3.63, 3.8) is 0 Å². The Hall–Kier alpha value is -2.80. The number of pyridine rings is 1. The molecule has 27 heavy (non-hydrogen) atoms. The van der Waals surface area contributed by atoms with Crippen LogP contribution in [0.5, 0.6) is 0 Å². The fourth-order valence-corrected chi connectivity index (χ4v) is 3.88. The van der Waals surface area contributed by atoms with Crippen molar-refractivity contribution in [3.8, 4) is 5.69 Å². The molecule has 0 aliphatic carbocycles. The van der Waals surface area contributed by atoms with Gasteiger partial charge in [-0.25, -0.2) is 9.37 Å². The second-order valence-electron chi connectivity index (χ2n) is 6.62. The highest BCUT2D eigenvalue weighted by molar-refractivity contribution is 8.12. The zero-order valence-electron chi connectivity index (χ0n) is 14.9. The van der Waals surface area contributed by atoms with Crippen molar-refractivity contribution in [2.45, 2.75) is 19.4 Å². The van der Waals surface area contributed by atoms with E-state index in [-0.39, 0.29) is 16.5 Å². The maximum Gasteiger partial charge on any atom is 0.266 e. The number of nitrogens with zero attached hydrogens (tertiary/aromatic N) is 4. The van der Waals surface area contributed by atoms with Crippen LogP contribution in [0.15, 0.2) is 52.4 Å². The highest BCUT2D eigenvalue weighted by Crippen LogP contribution is 2.26. The molecule has 2 aromatic heterocycles. The van der Waals surface area contributed by atoms with Gasteiger partial charge in [0.05, 0.1) is 33.4 Å². The molecule has 0 N–H and O–H groups in total. The molecule has 136 valence electrons. The van der Waals surface area contributed by atoms with Crippen LogP contribution in [-0.2, 0) is 0 Å². The zero-order chi connectivity index (χ0) is 19.0. The summed E-state index contributed by atoms with van der Waals surface area (Å²) in [6, 6.07) is 7.62. The summed E-state index contributed by atoms with van der Waals surface area (Å²) in [6.45, 7) is 3.85. The summed E-state index contributed by atoms with van der Waals surface area (Å²) in [5.74, 6) is 0.825. The van der Waals surface area contributed by atoms with Crippen LogP contribution >= 0.6 is 11.8 Å². The van der Waals surface area contributed by atoms with Crippen molar-refractivity contribution in [2.75, 3.05) is 5.75 Å². The van der Waals surface area contributed by atoms with Crippen LogP contribution in [0.25, 0.3) is 22.7 Å². The number of thioether (sulfide) groups is 1. The Labute approximate surface area is 159 Å². The van der Waals surface area contributed by atoms with E-state index in [1.165, 1.54) is 22.8 Å². The summed E-state index contributed by atoms with van der Waals surface area (Å²) in [5.41, 5.74) is 2.93. The van der Waals surface area contributed by atoms with E-state index in [2.05, 4.69) is 15.0 Å². The lowest BCUT2D eigenvalue weighted by atomic mass is 10.1. The van der Waals surface area contributed by atoms with Gasteiger partial charge in [-0.2, -0.15) is 0 Å². The van der Waals surface area contributed by atoms with Gasteiger partial charge in [0, 0.05) is 11.9 Å². The molecule has 1 aliphatic rings. The largest absolute Gasteiger partial charge is 0.275 e. The summed E-state index contributed by atoms with van der Waals surface area (Å²) in [5, 5.41) is 0.232. The molecule has 0 bridgehead atoms. The van der Waals surface area contributed by atoms with E-state index in [0.29, 0.717) is 22.7 Å². The normalized spacial score (nSPS) is 19.4. The van der Waals surface area contributed by atoms with Crippen LogP contribution in [0.4, 0.5) is 4.39 Å². The number of aromatic nitrogens is 3. The van der Waals surface area contributed by atoms with E-state index in [1.807, 2.05) is 25.5 Å². The average Bonchev–Trinajstić information content (AvgIpc) is 3.09. The quantitative estimate of drug-likeness (QED) is 0.694. The fourth-order valence-electron chi connectivity index (χ4n) is 2.98. The summed E-state index contributed by atoms with van der Waals surface area (Å²) < 4.78 is 15.2. The van der Waals surface area contributed by atoms with E-state index in [0.717, 1.165) is 5.75 Å². The molecule has 0 fully saturated rings. The van der Waals surface area contributed by atoms with Crippen LogP contribution in [0.3, 0.4) is 0 Å². The number of fused-ring (bicyclic) bond motifs is 1. The lowest BCUT2D eigenvalue weighted by Gasteiger charge is -2.16. The minimum Gasteiger partial charge on any atom is -0.275 e. The minimum absolute atomic E-state index is 0.232. The van der Waals surface area contributed by atoms with Crippen molar-refractivity contribution in [2.24, 2.45) is 4.99 Å². The topological polar surface area (TPSA) is 60.1 Å². The van der Waals surface area contributed by atoms with Gasteiger partial charge in [-0.3, -0.25) is 19.3 Å². The first-order chi connectivity index (χ1) is 13.0. The third-order valence-electron chi connectivity index (χ3n) is 4.47. The van der Waals surface area contributed by atoms with Crippen LogP contribution in [-0.4, -0.2) is 31.4 Å². The Bertz CT molecular complexity index is 1150. The molecule has 0 unspecified atom stereocenters. The maximum absolute atomic E-state index is 13.7. The molecule has 0 radical (unpaired) electrons. The van der Waals surface area contributed by atoms with Gasteiger partial charge in [0.1, 0.15) is 11.6 Å². The molecule has 3 aromatic rings. The van der Waals surface area contributed by atoms with Crippen molar-refractivity contribution in [1.29, 1.82) is 0 Å². The monoisotopic (exact) mass is 380 g/mol. The molecular weight excluding hydrogens is 363 g/mol. The zero-order valence-corrected chi connectivity index (χ0v) is 15.7. The van der Waals surface area contributed by atoms with Gasteiger partial charge >= 0.3 is 0 Å². The Kier molecular flexibility index (Phi) is 4.39. The van der Waals surface area contributed by atoms with E-state index in [1.54, 1.807) is 36.2 Å². The van der Waals surface area contributed by atoms with Crippen molar-refractivity contribution in [1.82, 2.24) is 14.5 Å². The molecule has 1 aliphatic heterocycles.